The van der Waals surface area contributed by atoms with Gasteiger partial charge in [0, 0.05) is 5.56 Å². The Hall–Kier alpha value is -1.59. The van der Waals surface area contributed by atoms with E-state index in [9.17, 15) is 22.4 Å². The molecule has 0 aliphatic carbocycles. The van der Waals surface area contributed by atoms with E-state index in [0.29, 0.717) is 0 Å². The molecule has 94 valence electrons. The van der Waals surface area contributed by atoms with E-state index in [1.807, 2.05) is 0 Å². The average Bonchev–Trinajstić information content (AvgIpc) is 2.21. The van der Waals surface area contributed by atoms with Gasteiger partial charge in [-0.25, -0.2) is 22.4 Å². The lowest BCUT2D eigenvalue weighted by atomic mass is 9.99. The van der Waals surface area contributed by atoms with Gasteiger partial charge < -0.3 is 5.11 Å². The highest BCUT2D eigenvalue weighted by molar-refractivity contribution is 5.88. The first kappa shape index (κ1) is 13.5. The lowest BCUT2D eigenvalue weighted by Gasteiger charge is -2.11. The van der Waals surface area contributed by atoms with Crippen molar-refractivity contribution in [3.05, 3.63) is 34.4 Å². The summed E-state index contributed by atoms with van der Waals surface area (Å²) in [5.74, 6) is -9.30. The topological polar surface area (TPSA) is 37.3 Å². The minimum absolute atomic E-state index is 0.217. The summed E-state index contributed by atoms with van der Waals surface area (Å²) >= 11 is 0. The lowest BCUT2D eigenvalue weighted by Crippen LogP contribution is -2.14. The van der Waals surface area contributed by atoms with E-state index < -0.39 is 40.4 Å². The second kappa shape index (κ2) is 4.73. The molecule has 0 fully saturated rings. The van der Waals surface area contributed by atoms with E-state index in [2.05, 4.69) is 0 Å². The molecule has 0 aliphatic rings. The highest BCUT2D eigenvalue weighted by atomic mass is 19.2. The van der Waals surface area contributed by atoms with E-state index in [0.717, 1.165) is 0 Å². The minimum Gasteiger partial charge on any atom is -0.477 e. The van der Waals surface area contributed by atoms with Crippen LogP contribution in [-0.2, 0) is 6.42 Å². The van der Waals surface area contributed by atoms with Gasteiger partial charge in [0.25, 0.3) is 0 Å². The lowest BCUT2D eigenvalue weighted by molar-refractivity contribution is 0.0683. The second-order valence-corrected chi connectivity index (χ2v) is 4.01. The molecule has 0 aliphatic heterocycles. The van der Waals surface area contributed by atoms with Crippen molar-refractivity contribution in [1.82, 2.24) is 0 Å². The number of carboxylic acids is 1. The Morgan fingerprint density at radius 1 is 1.06 bits per heavy atom. The van der Waals surface area contributed by atoms with E-state index >= 15 is 0 Å². The van der Waals surface area contributed by atoms with Crippen LogP contribution < -0.4 is 0 Å². The first-order valence-electron chi connectivity index (χ1n) is 4.85. The third kappa shape index (κ3) is 2.40. The molecule has 17 heavy (non-hydrogen) atoms. The molecule has 2 nitrogen and oxygen atoms in total. The van der Waals surface area contributed by atoms with Crippen LogP contribution in [0.15, 0.2) is 0 Å². The summed E-state index contributed by atoms with van der Waals surface area (Å²) in [5.41, 5.74) is -2.37. The van der Waals surface area contributed by atoms with Gasteiger partial charge in [0.15, 0.2) is 23.3 Å². The van der Waals surface area contributed by atoms with Gasteiger partial charge in [-0.2, -0.15) is 0 Å². The van der Waals surface area contributed by atoms with Crippen LogP contribution in [0.4, 0.5) is 17.6 Å². The van der Waals surface area contributed by atoms with Gasteiger partial charge in [0.1, 0.15) is 5.56 Å². The molecule has 0 amide bonds. The molecule has 0 unspecified atom stereocenters. The zero-order valence-electron chi connectivity index (χ0n) is 9.15. The molecule has 1 aromatic rings. The Morgan fingerprint density at radius 2 is 1.47 bits per heavy atom. The maximum absolute atomic E-state index is 13.4. The van der Waals surface area contributed by atoms with Gasteiger partial charge in [-0.1, -0.05) is 13.8 Å². The predicted molar refractivity (Wildman–Crippen MR) is 51.8 cm³/mol. The van der Waals surface area contributed by atoms with Gasteiger partial charge in [-0.3, -0.25) is 0 Å². The van der Waals surface area contributed by atoms with Crippen molar-refractivity contribution < 1.29 is 27.5 Å². The quantitative estimate of drug-likeness (QED) is 0.661. The summed E-state index contributed by atoms with van der Waals surface area (Å²) in [6.45, 7) is 3.22. The van der Waals surface area contributed by atoms with Crippen molar-refractivity contribution in [2.75, 3.05) is 0 Å². The Labute approximate surface area is 94.9 Å². The van der Waals surface area contributed by atoms with Crippen molar-refractivity contribution in [3.63, 3.8) is 0 Å². The Morgan fingerprint density at radius 3 is 1.76 bits per heavy atom. The van der Waals surface area contributed by atoms with Crippen LogP contribution in [-0.4, -0.2) is 11.1 Å². The van der Waals surface area contributed by atoms with E-state index in [1.165, 1.54) is 0 Å². The van der Waals surface area contributed by atoms with Crippen molar-refractivity contribution >= 4 is 5.97 Å². The van der Waals surface area contributed by atoms with E-state index in [1.54, 1.807) is 13.8 Å². The maximum atomic E-state index is 13.4. The fourth-order valence-electron chi connectivity index (χ4n) is 1.45. The molecular formula is C11H10F4O2. The van der Waals surface area contributed by atoms with Gasteiger partial charge in [0.05, 0.1) is 0 Å². The normalized spacial score (nSPS) is 11.0. The smallest absolute Gasteiger partial charge is 0.341 e. The SMILES string of the molecule is CC(C)Cc1c(F)c(F)c(C(=O)O)c(F)c1F. The third-order valence-corrected chi connectivity index (χ3v) is 2.18. The molecule has 0 bridgehead atoms. The minimum atomic E-state index is -2.05. The number of aromatic carboxylic acids is 1. The van der Waals surface area contributed by atoms with Crippen LogP contribution in [0.5, 0.6) is 0 Å². The molecule has 0 aromatic heterocycles. The molecule has 6 heteroatoms. The second-order valence-electron chi connectivity index (χ2n) is 4.01. The summed E-state index contributed by atoms with van der Waals surface area (Å²) in [5, 5.41) is 8.45. The number of hydrogen-bond donors (Lipinski definition) is 1. The third-order valence-electron chi connectivity index (χ3n) is 2.18. The van der Waals surface area contributed by atoms with Crippen molar-refractivity contribution in [2.24, 2.45) is 5.92 Å². The molecule has 0 saturated carbocycles. The highest BCUT2D eigenvalue weighted by Gasteiger charge is 2.29. The van der Waals surface area contributed by atoms with Gasteiger partial charge in [-0.15, -0.1) is 0 Å². The van der Waals surface area contributed by atoms with E-state index in [4.69, 9.17) is 5.11 Å². The molecule has 1 aromatic carbocycles. The standard InChI is InChI=1S/C11H10F4O2/c1-4(2)3-5-7(12)9(14)6(11(16)17)10(15)8(5)13/h4H,3H2,1-2H3,(H,16,17). The van der Waals surface area contributed by atoms with E-state index in [-0.39, 0.29) is 12.3 Å². The largest absolute Gasteiger partial charge is 0.477 e. The van der Waals surface area contributed by atoms with Crippen LogP contribution in [0.1, 0.15) is 29.8 Å². The maximum Gasteiger partial charge on any atom is 0.341 e. The average molecular weight is 250 g/mol. The van der Waals surface area contributed by atoms with Crippen LogP contribution in [0.25, 0.3) is 0 Å². The van der Waals surface area contributed by atoms with Gasteiger partial charge in [0.2, 0.25) is 0 Å². The summed E-state index contributed by atoms with van der Waals surface area (Å²) in [4.78, 5) is 10.5. The number of rotatable bonds is 3. The van der Waals surface area contributed by atoms with Gasteiger partial charge in [-0.05, 0) is 12.3 Å². The number of carbonyl (C=O) groups is 1. The molecular weight excluding hydrogens is 240 g/mol. The van der Waals surface area contributed by atoms with Crippen LogP contribution >= 0.6 is 0 Å². The molecule has 0 saturated heterocycles. The zero-order chi connectivity index (χ0) is 13.3. The summed E-state index contributed by atoms with van der Waals surface area (Å²) in [7, 11) is 0. The predicted octanol–water partition coefficient (Wildman–Crippen LogP) is 3.14. The monoisotopic (exact) mass is 250 g/mol. The summed E-state index contributed by atoms with van der Waals surface area (Å²) < 4.78 is 53.2. The number of hydrogen-bond acceptors (Lipinski definition) is 1. The molecule has 0 atom stereocenters. The van der Waals surface area contributed by atoms with Crippen LogP contribution in [0.2, 0.25) is 0 Å². The summed E-state index contributed by atoms with van der Waals surface area (Å²) in [6, 6.07) is 0. The Balaban J connectivity index is 3.52. The van der Waals surface area contributed by atoms with Crippen molar-refractivity contribution in [3.8, 4) is 0 Å². The zero-order valence-corrected chi connectivity index (χ0v) is 9.15. The fraction of sp³-hybridized carbons (Fsp3) is 0.364. The highest BCUT2D eigenvalue weighted by Crippen LogP contribution is 2.26. The van der Waals surface area contributed by atoms with Crippen molar-refractivity contribution in [1.29, 1.82) is 0 Å². The molecule has 1 rings (SSSR count). The fourth-order valence-corrected chi connectivity index (χ4v) is 1.45. The molecule has 0 radical (unpaired) electrons. The van der Waals surface area contributed by atoms with Crippen LogP contribution in [0.3, 0.4) is 0 Å². The first-order chi connectivity index (χ1) is 7.77. The number of benzene rings is 1. The number of carboxylic acid groups (broad SMARTS) is 1. The van der Waals surface area contributed by atoms with Crippen LogP contribution in [0, 0.1) is 29.2 Å². The first-order valence-corrected chi connectivity index (χ1v) is 4.85. The molecule has 1 N–H and O–H groups in total. The van der Waals surface area contributed by atoms with Crippen molar-refractivity contribution in [2.45, 2.75) is 20.3 Å². The van der Waals surface area contributed by atoms with Gasteiger partial charge >= 0.3 is 5.97 Å². The Bertz CT molecular complexity index is 440. The number of halogens is 4. The molecule has 0 heterocycles. The Kier molecular flexibility index (Phi) is 3.75. The molecule has 0 spiro atoms. The summed E-state index contributed by atoms with van der Waals surface area (Å²) in [6.07, 6.45) is -0.217.